The lowest BCUT2D eigenvalue weighted by molar-refractivity contribution is -0.128. The maximum Gasteiger partial charge on any atom is 0.222 e. The first-order chi connectivity index (χ1) is 10.3. The standard InChI is InChI=1S/C17H26N2O2/c1-3-11-18-15(13-19-12-7-10-17(19)20)14-8-5-6-9-16(14)21-4-2/h5-6,8-9,15,18H,3-4,7,10-13H2,1-2H3. The van der Waals surface area contributed by atoms with E-state index in [4.69, 9.17) is 4.74 Å². The molecule has 21 heavy (non-hydrogen) atoms. The van der Waals surface area contributed by atoms with E-state index >= 15 is 0 Å². The van der Waals surface area contributed by atoms with Crippen LogP contribution in [-0.4, -0.2) is 37.0 Å². The van der Waals surface area contributed by atoms with Gasteiger partial charge in [-0.1, -0.05) is 25.1 Å². The highest BCUT2D eigenvalue weighted by atomic mass is 16.5. The van der Waals surface area contributed by atoms with Crippen molar-refractivity contribution in [3.8, 4) is 5.75 Å². The minimum atomic E-state index is 0.134. The molecule has 0 radical (unpaired) electrons. The Kier molecular flexibility index (Phi) is 6.05. The Labute approximate surface area is 127 Å². The summed E-state index contributed by atoms with van der Waals surface area (Å²) in [6.45, 7) is 7.34. The van der Waals surface area contributed by atoms with Gasteiger partial charge in [0.15, 0.2) is 0 Å². The number of benzene rings is 1. The summed E-state index contributed by atoms with van der Waals surface area (Å²) >= 11 is 0. The predicted octanol–water partition coefficient (Wildman–Crippen LogP) is 2.75. The van der Waals surface area contributed by atoms with Crippen LogP contribution < -0.4 is 10.1 Å². The van der Waals surface area contributed by atoms with E-state index in [2.05, 4.69) is 18.3 Å². The molecule has 1 atom stereocenters. The molecule has 0 bridgehead atoms. The van der Waals surface area contributed by atoms with E-state index in [0.29, 0.717) is 13.0 Å². The van der Waals surface area contributed by atoms with Crippen LogP contribution in [0.3, 0.4) is 0 Å². The van der Waals surface area contributed by atoms with Gasteiger partial charge >= 0.3 is 0 Å². The van der Waals surface area contributed by atoms with Crippen LogP contribution in [0.4, 0.5) is 0 Å². The summed E-state index contributed by atoms with van der Waals surface area (Å²) in [6, 6.07) is 8.26. The monoisotopic (exact) mass is 290 g/mol. The van der Waals surface area contributed by atoms with E-state index in [-0.39, 0.29) is 11.9 Å². The zero-order valence-electron chi connectivity index (χ0n) is 13.1. The van der Waals surface area contributed by atoms with E-state index in [1.54, 1.807) is 0 Å². The van der Waals surface area contributed by atoms with E-state index in [0.717, 1.165) is 43.8 Å². The number of amides is 1. The fraction of sp³-hybridized carbons (Fsp3) is 0.588. The molecule has 1 aliphatic rings. The third-order valence-corrected chi connectivity index (χ3v) is 3.81. The van der Waals surface area contributed by atoms with Crippen molar-refractivity contribution in [1.82, 2.24) is 10.2 Å². The fourth-order valence-corrected chi connectivity index (χ4v) is 2.76. The molecule has 4 nitrogen and oxygen atoms in total. The van der Waals surface area contributed by atoms with Crippen LogP contribution >= 0.6 is 0 Å². The summed E-state index contributed by atoms with van der Waals surface area (Å²) in [5, 5.41) is 3.56. The third kappa shape index (κ3) is 4.21. The Morgan fingerprint density at radius 3 is 2.81 bits per heavy atom. The molecule has 4 heteroatoms. The number of carbonyl (C=O) groups is 1. The molecule has 1 heterocycles. The first kappa shape index (κ1) is 15.8. The molecule has 1 saturated heterocycles. The molecule has 1 aromatic rings. The number of hydrogen-bond donors (Lipinski definition) is 1. The minimum Gasteiger partial charge on any atom is -0.494 e. The maximum atomic E-state index is 11.9. The summed E-state index contributed by atoms with van der Waals surface area (Å²) in [5.41, 5.74) is 1.15. The van der Waals surface area contributed by atoms with E-state index in [1.807, 2.05) is 30.0 Å². The highest BCUT2D eigenvalue weighted by Crippen LogP contribution is 2.27. The van der Waals surface area contributed by atoms with Crippen molar-refractivity contribution < 1.29 is 9.53 Å². The molecule has 1 N–H and O–H groups in total. The molecule has 0 spiro atoms. The van der Waals surface area contributed by atoms with Crippen LogP contribution in [0.2, 0.25) is 0 Å². The number of rotatable bonds is 8. The number of nitrogens with zero attached hydrogens (tertiary/aromatic N) is 1. The lowest BCUT2D eigenvalue weighted by Gasteiger charge is -2.26. The van der Waals surface area contributed by atoms with Gasteiger partial charge in [0, 0.05) is 25.1 Å². The van der Waals surface area contributed by atoms with Gasteiger partial charge in [0.05, 0.1) is 12.6 Å². The largest absolute Gasteiger partial charge is 0.494 e. The van der Waals surface area contributed by atoms with Gasteiger partial charge in [-0.15, -0.1) is 0 Å². The molecule has 0 saturated carbocycles. The summed E-state index contributed by atoms with van der Waals surface area (Å²) in [7, 11) is 0. The van der Waals surface area contributed by atoms with Crippen molar-refractivity contribution >= 4 is 5.91 Å². The first-order valence-corrected chi connectivity index (χ1v) is 7.99. The van der Waals surface area contributed by atoms with E-state index < -0.39 is 0 Å². The van der Waals surface area contributed by atoms with Crippen molar-refractivity contribution in [3.05, 3.63) is 29.8 Å². The number of hydrogen-bond acceptors (Lipinski definition) is 3. The summed E-state index contributed by atoms with van der Waals surface area (Å²) in [4.78, 5) is 13.9. The lowest BCUT2D eigenvalue weighted by atomic mass is 10.0. The molecule has 1 aliphatic heterocycles. The SMILES string of the molecule is CCCNC(CN1CCCC1=O)c1ccccc1OCC. The van der Waals surface area contributed by atoms with Crippen molar-refractivity contribution in [1.29, 1.82) is 0 Å². The molecule has 1 unspecified atom stereocenters. The Morgan fingerprint density at radius 1 is 1.33 bits per heavy atom. The summed E-state index contributed by atoms with van der Waals surface area (Å²) < 4.78 is 5.75. The second-order valence-electron chi connectivity index (χ2n) is 5.42. The fourth-order valence-electron chi connectivity index (χ4n) is 2.76. The first-order valence-electron chi connectivity index (χ1n) is 7.99. The topological polar surface area (TPSA) is 41.6 Å². The molecule has 1 aromatic carbocycles. The quantitative estimate of drug-likeness (QED) is 0.800. The van der Waals surface area contributed by atoms with Crippen molar-refractivity contribution in [3.63, 3.8) is 0 Å². The highest BCUT2D eigenvalue weighted by Gasteiger charge is 2.25. The zero-order valence-corrected chi connectivity index (χ0v) is 13.1. The number of ether oxygens (including phenoxy) is 1. The third-order valence-electron chi connectivity index (χ3n) is 3.81. The Balaban J connectivity index is 2.16. The van der Waals surface area contributed by atoms with Gasteiger partial charge < -0.3 is 15.0 Å². The number of likely N-dealkylation sites (tertiary alicyclic amines) is 1. The van der Waals surface area contributed by atoms with Gasteiger partial charge in [-0.05, 0) is 32.4 Å². The Hall–Kier alpha value is -1.55. The molecular formula is C17H26N2O2. The predicted molar refractivity (Wildman–Crippen MR) is 84.5 cm³/mol. The molecule has 2 rings (SSSR count). The number of nitrogens with one attached hydrogen (secondary N) is 1. The van der Waals surface area contributed by atoms with Crippen LogP contribution in [0.1, 0.15) is 44.7 Å². The molecular weight excluding hydrogens is 264 g/mol. The summed E-state index contributed by atoms with van der Waals surface area (Å²) in [6.07, 6.45) is 2.74. The maximum absolute atomic E-state index is 11.9. The van der Waals surface area contributed by atoms with Gasteiger partial charge in [0.2, 0.25) is 5.91 Å². The summed E-state index contributed by atoms with van der Waals surface area (Å²) in [5.74, 6) is 1.19. The van der Waals surface area contributed by atoms with Gasteiger partial charge in [-0.2, -0.15) is 0 Å². The van der Waals surface area contributed by atoms with Gasteiger partial charge in [0.25, 0.3) is 0 Å². The van der Waals surface area contributed by atoms with Crippen molar-refractivity contribution in [2.24, 2.45) is 0 Å². The minimum absolute atomic E-state index is 0.134. The zero-order chi connectivity index (χ0) is 15.1. The van der Waals surface area contributed by atoms with Gasteiger partial charge in [-0.3, -0.25) is 4.79 Å². The van der Waals surface area contributed by atoms with Crippen LogP contribution in [0.5, 0.6) is 5.75 Å². The highest BCUT2D eigenvalue weighted by molar-refractivity contribution is 5.78. The molecule has 0 aromatic heterocycles. The van der Waals surface area contributed by atoms with Crippen molar-refractivity contribution in [2.75, 3.05) is 26.2 Å². The molecule has 116 valence electrons. The number of para-hydroxylation sites is 1. The number of carbonyl (C=O) groups excluding carboxylic acids is 1. The normalized spacial score (nSPS) is 16.3. The Morgan fingerprint density at radius 2 is 2.14 bits per heavy atom. The second-order valence-corrected chi connectivity index (χ2v) is 5.42. The van der Waals surface area contributed by atoms with Gasteiger partial charge in [-0.25, -0.2) is 0 Å². The van der Waals surface area contributed by atoms with E-state index in [1.165, 1.54) is 0 Å². The van der Waals surface area contributed by atoms with Crippen LogP contribution in [0.25, 0.3) is 0 Å². The lowest BCUT2D eigenvalue weighted by Crippen LogP contribution is -2.36. The van der Waals surface area contributed by atoms with Gasteiger partial charge in [0.1, 0.15) is 5.75 Å². The second kappa shape index (κ2) is 8.03. The average Bonchev–Trinajstić information content (AvgIpc) is 2.90. The molecule has 1 amide bonds. The molecule has 1 fully saturated rings. The van der Waals surface area contributed by atoms with Crippen molar-refractivity contribution in [2.45, 2.75) is 39.2 Å². The Bertz CT molecular complexity index is 462. The molecule has 0 aliphatic carbocycles. The van der Waals surface area contributed by atoms with E-state index in [9.17, 15) is 4.79 Å². The smallest absolute Gasteiger partial charge is 0.222 e. The van der Waals surface area contributed by atoms with Crippen LogP contribution in [-0.2, 0) is 4.79 Å². The van der Waals surface area contributed by atoms with Crippen LogP contribution in [0.15, 0.2) is 24.3 Å². The van der Waals surface area contributed by atoms with Crippen LogP contribution in [0, 0.1) is 0 Å². The average molecular weight is 290 g/mol.